The normalized spacial score (nSPS) is 21.5. The number of hydrogen-bond acceptors (Lipinski definition) is 4. The minimum Gasteiger partial charge on any atom is -0.354 e. The average Bonchev–Trinajstić information content (AvgIpc) is 3.11. The van der Waals surface area contributed by atoms with E-state index in [0.29, 0.717) is 10.9 Å². The molecule has 2 saturated heterocycles. The first-order valence-electron chi connectivity index (χ1n) is 8.67. The fourth-order valence-electron chi connectivity index (χ4n) is 3.67. The molecule has 0 aliphatic carbocycles. The standard InChI is InChI=1S/C18H21ClN4O/c19-14-4-5-15-16(10-14)20-11-17(21-15)23-9-6-13(12-23)18(24)22-7-2-1-3-8-22/h4-5,10-11,13H,1-3,6-9,12H2. The van der Waals surface area contributed by atoms with Gasteiger partial charge in [0.05, 0.1) is 23.1 Å². The molecule has 2 fully saturated rings. The summed E-state index contributed by atoms with van der Waals surface area (Å²) in [5.41, 5.74) is 1.63. The third kappa shape index (κ3) is 3.05. The molecule has 24 heavy (non-hydrogen) atoms. The van der Waals surface area contributed by atoms with E-state index < -0.39 is 0 Å². The summed E-state index contributed by atoms with van der Waals surface area (Å²) in [7, 11) is 0. The Hall–Kier alpha value is -1.88. The molecular weight excluding hydrogens is 324 g/mol. The quantitative estimate of drug-likeness (QED) is 0.840. The number of likely N-dealkylation sites (tertiary alicyclic amines) is 1. The highest BCUT2D eigenvalue weighted by molar-refractivity contribution is 6.31. The van der Waals surface area contributed by atoms with Gasteiger partial charge in [0, 0.05) is 31.2 Å². The van der Waals surface area contributed by atoms with Gasteiger partial charge in [0.25, 0.3) is 0 Å². The van der Waals surface area contributed by atoms with Crippen LogP contribution in [0.5, 0.6) is 0 Å². The Morgan fingerprint density at radius 1 is 1.12 bits per heavy atom. The monoisotopic (exact) mass is 344 g/mol. The molecule has 2 aromatic rings. The van der Waals surface area contributed by atoms with Gasteiger partial charge >= 0.3 is 0 Å². The highest BCUT2D eigenvalue weighted by atomic mass is 35.5. The number of anilines is 1. The minimum atomic E-state index is 0.0887. The highest BCUT2D eigenvalue weighted by Crippen LogP contribution is 2.26. The van der Waals surface area contributed by atoms with Gasteiger partial charge in [0.15, 0.2) is 0 Å². The smallest absolute Gasteiger partial charge is 0.227 e. The molecule has 4 rings (SSSR count). The molecule has 1 amide bonds. The van der Waals surface area contributed by atoms with Crippen molar-refractivity contribution in [2.75, 3.05) is 31.1 Å². The summed E-state index contributed by atoms with van der Waals surface area (Å²) in [5, 5.41) is 0.665. The van der Waals surface area contributed by atoms with Crippen LogP contribution in [0.3, 0.4) is 0 Å². The zero-order valence-electron chi connectivity index (χ0n) is 13.6. The Bertz CT molecular complexity index is 760. The van der Waals surface area contributed by atoms with E-state index in [4.69, 9.17) is 11.6 Å². The number of benzene rings is 1. The van der Waals surface area contributed by atoms with Gasteiger partial charge in [0.1, 0.15) is 5.82 Å². The van der Waals surface area contributed by atoms with Gasteiger partial charge in [-0.2, -0.15) is 0 Å². The predicted molar refractivity (Wildman–Crippen MR) is 95.3 cm³/mol. The largest absolute Gasteiger partial charge is 0.354 e. The number of piperidine rings is 1. The van der Waals surface area contributed by atoms with Gasteiger partial charge in [-0.25, -0.2) is 4.98 Å². The number of amides is 1. The summed E-state index contributed by atoms with van der Waals surface area (Å²) in [4.78, 5) is 26.0. The number of aromatic nitrogens is 2. The Labute approximate surface area is 146 Å². The second kappa shape index (κ2) is 6.55. The van der Waals surface area contributed by atoms with Gasteiger partial charge < -0.3 is 9.80 Å². The van der Waals surface area contributed by atoms with E-state index >= 15 is 0 Å². The molecule has 0 saturated carbocycles. The van der Waals surface area contributed by atoms with E-state index in [1.807, 2.05) is 23.1 Å². The van der Waals surface area contributed by atoms with Crippen LogP contribution in [-0.2, 0) is 4.79 Å². The number of nitrogens with zero attached hydrogens (tertiary/aromatic N) is 4. The van der Waals surface area contributed by atoms with Crippen molar-refractivity contribution >= 4 is 34.4 Å². The molecule has 1 atom stereocenters. The second-order valence-electron chi connectivity index (χ2n) is 6.68. The number of carbonyl (C=O) groups is 1. The fraction of sp³-hybridized carbons (Fsp3) is 0.500. The average molecular weight is 345 g/mol. The first-order chi connectivity index (χ1) is 11.7. The summed E-state index contributed by atoms with van der Waals surface area (Å²) >= 11 is 5.99. The van der Waals surface area contributed by atoms with Crippen molar-refractivity contribution in [2.24, 2.45) is 5.92 Å². The van der Waals surface area contributed by atoms with Gasteiger partial charge in [-0.3, -0.25) is 9.78 Å². The van der Waals surface area contributed by atoms with Crippen LogP contribution in [0, 0.1) is 5.92 Å². The van der Waals surface area contributed by atoms with Crippen LogP contribution in [-0.4, -0.2) is 47.0 Å². The summed E-state index contributed by atoms with van der Waals surface area (Å²) in [5.74, 6) is 1.25. The van der Waals surface area contributed by atoms with Gasteiger partial charge in [-0.15, -0.1) is 0 Å². The molecule has 3 heterocycles. The topological polar surface area (TPSA) is 49.3 Å². The Morgan fingerprint density at radius 3 is 2.79 bits per heavy atom. The molecule has 0 radical (unpaired) electrons. The SMILES string of the molecule is O=C(C1CCN(c2cnc3cc(Cl)ccc3n2)C1)N1CCCCC1. The zero-order valence-corrected chi connectivity index (χ0v) is 14.4. The van der Waals surface area contributed by atoms with Crippen molar-refractivity contribution < 1.29 is 4.79 Å². The predicted octanol–water partition coefficient (Wildman–Crippen LogP) is 3.12. The van der Waals surface area contributed by atoms with Crippen LogP contribution in [0.4, 0.5) is 5.82 Å². The summed E-state index contributed by atoms with van der Waals surface area (Å²) in [6, 6.07) is 5.54. The lowest BCUT2D eigenvalue weighted by molar-refractivity contribution is -0.135. The zero-order chi connectivity index (χ0) is 16.5. The van der Waals surface area contributed by atoms with Crippen LogP contribution < -0.4 is 4.90 Å². The van der Waals surface area contributed by atoms with Gasteiger partial charge in [0.2, 0.25) is 5.91 Å². The van der Waals surface area contributed by atoms with E-state index in [1.54, 1.807) is 6.20 Å². The van der Waals surface area contributed by atoms with Crippen molar-refractivity contribution in [3.05, 3.63) is 29.4 Å². The third-order valence-electron chi connectivity index (χ3n) is 5.02. The molecule has 0 bridgehead atoms. The Morgan fingerprint density at radius 2 is 1.96 bits per heavy atom. The molecule has 0 N–H and O–H groups in total. The fourth-order valence-corrected chi connectivity index (χ4v) is 3.84. The van der Waals surface area contributed by atoms with E-state index in [0.717, 1.165) is 62.3 Å². The van der Waals surface area contributed by atoms with Crippen LogP contribution in [0.15, 0.2) is 24.4 Å². The van der Waals surface area contributed by atoms with Crippen LogP contribution in [0.25, 0.3) is 11.0 Å². The van der Waals surface area contributed by atoms with E-state index in [1.165, 1.54) is 6.42 Å². The van der Waals surface area contributed by atoms with Gasteiger partial charge in [-0.05, 0) is 43.9 Å². The lowest BCUT2D eigenvalue weighted by Crippen LogP contribution is -2.40. The second-order valence-corrected chi connectivity index (χ2v) is 7.12. The van der Waals surface area contributed by atoms with Crippen LogP contribution >= 0.6 is 11.6 Å². The number of hydrogen-bond donors (Lipinski definition) is 0. The maximum atomic E-state index is 12.7. The van der Waals surface area contributed by atoms with Crippen molar-refractivity contribution in [1.29, 1.82) is 0 Å². The number of fused-ring (bicyclic) bond motifs is 1. The highest BCUT2D eigenvalue weighted by Gasteiger charge is 2.32. The molecule has 126 valence electrons. The molecule has 0 spiro atoms. The van der Waals surface area contributed by atoms with Crippen molar-refractivity contribution in [2.45, 2.75) is 25.7 Å². The van der Waals surface area contributed by atoms with Crippen molar-refractivity contribution in [3.8, 4) is 0 Å². The first kappa shape index (κ1) is 15.6. The van der Waals surface area contributed by atoms with E-state index in [-0.39, 0.29) is 5.92 Å². The summed E-state index contributed by atoms with van der Waals surface area (Å²) in [6.07, 6.45) is 6.21. The number of halogens is 1. The number of carbonyl (C=O) groups excluding carboxylic acids is 1. The molecule has 1 aromatic heterocycles. The maximum absolute atomic E-state index is 12.7. The summed E-state index contributed by atoms with van der Waals surface area (Å²) in [6.45, 7) is 3.44. The van der Waals surface area contributed by atoms with E-state index in [9.17, 15) is 4.79 Å². The third-order valence-corrected chi connectivity index (χ3v) is 5.26. The molecule has 1 aromatic carbocycles. The molecular formula is C18H21ClN4O. The molecule has 6 heteroatoms. The molecule has 1 unspecified atom stereocenters. The summed E-state index contributed by atoms with van der Waals surface area (Å²) < 4.78 is 0. The Kier molecular flexibility index (Phi) is 4.27. The first-order valence-corrected chi connectivity index (χ1v) is 9.04. The number of rotatable bonds is 2. The lowest BCUT2D eigenvalue weighted by atomic mass is 10.0. The molecule has 5 nitrogen and oxygen atoms in total. The molecule has 2 aliphatic rings. The van der Waals surface area contributed by atoms with Crippen molar-refractivity contribution in [3.63, 3.8) is 0 Å². The van der Waals surface area contributed by atoms with Crippen molar-refractivity contribution in [1.82, 2.24) is 14.9 Å². The van der Waals surface area contributed by atoms with E-state index in [2.05, 4.69) is 14.9 Å². The Balaban J connectivity index is 1.48. The maximum Gasteiger partial charge on any atom is 0.227 e. The van der Waals surface area contributed by atoms with Crippen LogP contribution in [0.1, 0.15) is 25.7 Å². The molecule has 2 aliphatic heterocycles. The van der Waals surface area contributed by atoms with Crippen LogP contribution in [0.2, 0.25) is 5.02 Å². The lowest BCUT2D eigenvalue weighted by Gasteiger charge is -2.29. The van der Waals surface area contributed by atoms with Gasteiger partial charge in [-0.1, -0.05) is 11.6 Å². The minimum absolute atomic E-state index is 0.0887.